The standard InChI is InChI=1S/C10H12N2/c1-8-4-6-12-10-9(7-8)3-2-5-11-10/h2-3,5-6,8H,4,7H2,1H3. The van der Waals surface area contributed by atoms with Crippen LogP contribution in [0.4, 0.5) is 5.82 Å². The van der Waals surface area contributed by atoms with Gasteiger partial charge in [-0.3, -0.25) is 0 Å². The summed E-state index contributed by atoms with van der Waals surface area (Å²) in [6.07, 6.45) is 5.94. The molecule has 1 atom stereocenters. The maximum Gasteiger partial charge on any atom is 0.154 e. The minimum absolute atomic E-state index is 0.694. The van der Waals surface area contributed by atoms with Crippen LogP contribution in [-0.4, -0.2) is 11.2 Å². The van der Waals surface area contributed by atoms with Crippen LogP contribution in [0.5, 0.6) is 0 Å². The molecule has 0 radical (unpaired) electrons. The highest BCUT2D eigenvalue weighted by Crippen LogP contribution is 2.22. The molecule has 1 aliphatic heterocycles. The predicted molar refractivity (Wildman–Crippen MR) is 49.9 cm³/mol. The second-order valence-corrected chi connectivity index (χ2v) is 3.34. The third-order valence-electron chi connectivity index (χ3n) is 2.16. The highest BCUT2D eigenvalue weighted by molar-refractivity contribution is 5.64. The molecule has 0 fully saturated rings. The lowest BCUT2D eigenvalue weighted by molar-refractivity contribution is 0.615. The van der Waals surface area contributed by atoms with E-state index in [-0.39, 0.29) is 0 Å². The van der Waals surface area contributed by atoms with Crippen LogP contribution >= 0.6 is 0 Å². The van der Waals surface area contributed by atoms with E-state index < -0.39 is 0 Å². The molecule has 0 saturated heterocycles. The fourth-order valence-electron chi connectivity index (χ4n) is 1.48. The Bertz CT molecular complexity index is 304. The molecule has 62 valence electrons. The van der Waals surface area contributed by atoms with E-state index in [0.29, 0.717) is 5.92 Å². The van der Waals surface area contributed by atoms with E-state index in [9.17, 15) is 0 Å². The highest BCUT2D eigenvalue weighted by Gasteiger charge is 2.09. The van der Waals surface area contributed by atoms with E-state index in [0.717, 1.165) is 18.7 Å². The van der Waals surface area contributed by atoms with Crippen molar-refractivity contribution < 1.29 is 0 Å². The van der Waals surface area contributed by atoms with Crippen molar-refractivity contribution in [2.75, 3.05) is 0 Å². The highest BCUT2D eigenvalue weighted by atomic mass is 14.9. The molecule has 2 heterocycles. The minimum Gasteiger partial charge on any atom is -0.241 e. The molecule has 12 heavy (non-hydrogen) atoms. The van der Waals surface area contributed by atoms with Gasteiger partial charge in [-0.05, 0) is 30.4 Å². The first-order valence-electron chi connectivity index (χ1n) is 4.32. The molecule has 0 aliphatic carbocycles. The average molecular weight is 160 g/mol. The summed E-state index contributed by atoms with van der Waals surface area (Å²) in [6.45, 7) is 2.24. The van der Waals surface area contributed by atoms with Crippen molar-refractivity contribution in [3.05, 3.63) is 23.9 Å². The summed E-state index contributed by atoms with van der Waals surface area (Å²) in [5, 5.41) is 0. The van der Waals surface area contributed by atoms with Crippen molar-refractivity contribution in [3.8, 4) is 0 Å². The molecule has 0 amide bonds. The van der Waals surface area contributed by atoms with Crippen molar-refractivity contribution in [1.29, 1.82) is 0 Å². The molecule has 0 saturated carbocycles. The van der Waals surface area contributed by atoms with E-state index in [1.807, 2.05) is 12.3 Å². The van der Waals surface area contributed by atoms with E-state index in [4.69, 9.17) is 0 Å². The Morgan fingerprint density at radius 3 is 3.33 bits per heavy atom. The fraction of sp³-hybridized carbons (Fsp3) is 0.400. The average Bonchev–Trinajstić information content (AvgIpc) is 2.25. The van der Waals surface area contributed by atoms with Gasteiger partial charge in [0.25, 0.3) is 0 Å². The second kappa shape index (κ2) is 3.05. The van der Waals surface area contributed by atoms with Crippen LogP contribution in [0.2, 0.25) is 0 Å². The van der Waals surface area contributed by atoms with E-state index in [1.165, 1.54) is 5.56 Å². The van der Waals surface area contributed by atoms with Gasteiger partial charge in [0.2, 0.25) is 0 Å². The SMILES string of the molecule is CC1CC=Nc2ncccc2C1. The number of aromatic nitrogens is 1. The molecule has 2 heteroatoms. The molecule has 0 bridgehead atoms. The maximum absolute atomic E-state index is 4.30. The zero-order valence-corrected chi connectivity index (χ0v) is 7.20. The van der Waals surface area contributed by atoms with E-state index in [1.54, 1.807) is 6.20 Å². The molecule has 1 unspecified atom stereocenters. The Kier molecular flexibility index (Phi) is 1.90. The van der Waals surface area contributed by atoms with Gasteiger partial charge in [-0.15, -0.1) is 0 Å². The lowest BCUT2D eigenvalue weighted by Crippen LogP contribution is -1.97. The van der Waals surface area contributed by atoms with Crippen molar-refractivity contribution in [3.63, 3.8) is 0 Å². The lowest BCUT2D eigenvalue weighted by atomic mass is 10.0. The monoisotopic (exact) mass is 160 g/mol. The van der Waals surface area contributed by atoms with Gasteiger partial charge in [0.1, 0.15) is 0 Å². The zero-order valence-electron chi connectivity index (χ0n) is 7.20. The first-order chi connectivity index (χ1) is 5.86. The predicted octanol–water partition coefficient (Wildman–Crippen LogP) is 2.37. The Hall–Kier alpha value is -1.18. The van der Waals surface area contributed by atoms with Gasteiger partial charge in [0.15, 0.2) is 5.82 Å². The lowest BCUT2D eigenvalue weighted by Gasteiger charge is -2.05. The second-order valence-electron chi connectivity index (χ2n) is 3.34. The summed E-state index contributed by atoms with van der Waals surface area (Å²) < 4.78 is 0. The minimum atomic E-state index is 0.694. The summed E-state index contributed by atoms with van der Waals surface area (Å²) in [5.41, 5.74) is 1.28. The largest absolute Gasteiger partial charge is 0.241 e. The van der Waals surface area contributed by atoms with E-state index >= 15 is 0 Å². The summed E-state index contributed by atoms with van der Waals surface area (Å²) in [4.78, 5) is 8.52. The van der Waals surface area contributed by atoms with Gasteiger partial charge in [-0.1, -0.05) is 13.0 Å². The molecular formula is C10H12N2. The van der Waals surface area contributed by atoms with Crippen molar-refractivity contribution in [2.24, 2.45) is 10.9 Å². The Morgan fingerprint density at radius 1 is 1.50 bits per heavy atom. The first kappa shape index (κ1) is 7.47. The number of pyridine rings is 1. The third-order valence-corrected chi connectivity index (χ3v) is 2.16. The van der Waals surface area contributed by atoms with Crippen LogP contribution in [-0.2, 0) is 6.42 Å². The third kappa shape index (κ3) is 1.37. The quantitative estimate of drug-likeness (QED) is 0.572. The summed E-state index contributed by atoms with van der Waals surface area (Å²) in [6, 6.07) is 4.09. The molecule has 0 spiro atoms. The summed E-state index contributed by atoms with van der Waals surface area (Å²) in [7, 11) is 0. The Morgan fingerprint density at radius 2 is 2.42 bits per heavy atom. The number of hydrogen-bond acceptors (Lipinski definition) is 2. The van der Waals surface area contributed by atoms with E-state index in [2.05, 4.69) is 23.0 Å². The van der Waals surface area contributed by atoms with Crippen LogP contribution in [0.3, 0.4) is 0 Å². The molecule has 1 aromatic rings. The maximum atomic E-state index is 4.30. The number of nitrogens with zero attached hydrogens (tertiary/aromatic N) is 2. The van der Waals surface area contributed by atoms with Gasteiger partial charge < -0.3 is 0 Å². The van der Waals surface area contributed by atoms with Gasteiger partial charge >= 0.3 is 0 Å². The smallest absolute Gasteiger partial charge is 0.154 e. The van der Waals surface area contributed by atoms with Gasteiger partial charge in [0, 0.05) is 12.4 Å². The van der Waals surface area contributed by atoms with Crippen LogP contribution in [0, 0.1) is 5.92 Å². The van der Waals surface area contributed by atoms with Crippen LogP contribution in [0.15, 0.2) is 23.3 Å². The first-order valence-corrected chi connectivity index (χ1v) is 4.32. The molecule has 0 aromatic carbocycles. The zero-order chi connectivity index (χ0) is 8.39. The Balaban J connectivity index is 2.41. The summed E-state index contributed by atoms with van der Waals surface area (Å²) in [5.74, 6) is 1.60. The van der Waals surface area contributed by atoms with Crippen LogP contribution in [0.25, 0.3) is 0 Å². The number of rotatable bonds is 0. The molecule has 1 aliphatic rings. The van der Waals surface area contributed by atoms with Crippen LogP contribution < -0.4 is 0 Å². The van der Waals surface area contributed by atoms with Crippen LogP contribution in [0.1, 0.15) is 18.9 Å². The number of hydrogen-bond donors (Lipinski definition) is 0. The summed E-state index contributed by atoms with van der Waals surface area (Å²) >= 11 is 0. The molecule has 2 nitrogen and oxygen atoms in total. The van der Waals surface area contributed by atoms with Crippen molar-refractivity contribution in [2.45, 2.75) is 19.8 Å². The molecule has 2 rings (SSSR count). The molecule has 0 N–H and O–H groups in total. The fourth-order valence-corrected chi connectivity index (χ4v) is 1.48. The van der Waals surface area contributed by atoms with Crippen molar-refractivity contribution >= 4 is 12.0 Å². The normalized spacial score (nSPS) is 21.6. The topological polar surface area (TPSA) is 25.2 Å². The number of aliphatic imine (C=N–C) groups is 1. The van der Waals surface area contributed by atoms with Gasteiger partial charge in [-0.2, -0.15) is 0 Å². The number of fused-ring (bicyclic) bond motifs is 1. The molecular weight excluding hydrogens is 148 g/mol. The van der Waals surface area contributed by atoms with Gasteiger partial charge in [-0.25, -0.2) is 9.98 Å². The molecule has 1 aromatic heterocycles. The van der Waals surface area contributed by atoms with Crippen molar-refractivity contribution in [1.82, 2.24) is 4.98 Å². The van der Waals surface area contributed by atoms with Gasteiger partial charge in [0.05, 0.1) is 0 Å². The Labute approximate surface area is 72.4 Å².